The van der Waals surface area contributed by atoms with Gasteiger partial charge in [-0.15, -0.1) is 0 Å². The molecule has 0 bridgehead atoms. The molecule has 1 nitrogen and oxygen atoms in total. The summed E-state index contributed by atoms with van der Waals surface area (Å²) < 4.78 is 64.7. The van der Waals surface area contributed by atoms with E-state index in [2.05, 4.69) is 19.1 Å². The Bertz CT molecular complexity index is 1230. The third-order valence-electron chi connectivity index (χ3n) is 9.55. The molecule has 0 spiro atoms. The Kier molecular flexibility index (Phi) is 8.37. The Labute approximate surface area is 230 Å². The summed E-state index contributed by atoms with van der Waals surface area (Å²) in [6.45, 7) is 5.30. The zero-order valence-corrected chi connectivity index (χ0v) is 23.3. The predicted octanol–water partition coefficient (Wildman–Crippen LogP) is 9.94. The highest BCUT2D eigenvalue weighted by atomic mass is 19.2. The van der Waals surface area contributed by atoms with Crippen molar-refractivity contribution in [3.63, 3.8) is 0 Å². The fourth-order valence-corrected chi connectivity index (χ4v) is 7.08. The van der Waals surface area contributed by atoms with E-state index in [9.17, 15) is 8.78 Å². The second-order valence-corrected chi connectivity index (χ2v) is 12.2. The average molecular weight is 541 g/mol. The van der Waals surface area contributed by atoms with Gasteiger partial charge in [0.1, 0.15) is 11.4 Å². The van der Waals surface area contributed by atoms with E-state index in [1.54, 1.807) is 0 Å². The van der Waals surface area contributed by atoms with Crippen LogP contribution in [0.1, 0.15) is 93.4 Å². The summed E-state index contributed by atoms with van der Waals surface area (Å²) >= 11 is 0. The highest BCUT2D eigenvalue weighted by Crippen LogP contribution is 2.48. The number of aryl methyl sites for hydroxylation is 1. The number of benzene rings is 2. The van der Waals surface area contributed by atoms with E-state index in [0.717, 1.165) is 23.3 Å². The maximum atomic E-state index is 15.3. The molecule has 3 aliphatic rings. The highest BCUT2D eigenvalue weighted by Gasteiger charge is 2.41. The minimum atomic E-state index is -2.14. The smallest absolute Gasteiger partial charge is 0.184 e. The summed E-state index contributed by atoms with van der Waals surface area (Å²) in [4.78, 5) is 0. The molecular formula is C34H40F4O. The molecular weight excluding hydrogens is 500 g/mol. The molecule has 2 aromatic rings. The molecule has 0 aliphatic heterocycles. The number of alkyl halides is 1. The molecule has 5 heteroatoms. The van der Waals surface area contributed by atoms with Crippen molar-refractivity contribution >= 4 is 5.57 Å². The molecule has 3 aliphatic carbocycles. The first-order valence-electron chi connectivity index (χ1n) is 14.6. The van der Waals surface area contributed by atoms with Gasteiger partial charge in [0, 0.05) is 11.1 Å². The van der Waals surface area contributed by atoms with Crippen molar-refractivity contribution in [3.05, 3.63) is 88.3 Å². The first kappa shape index (κ1) is 28.1. The van der Waals surface area contributed by atoms with Crippen LogP contribution in [0.5, 0.6) is 0 Å². The van der Waals surface area contributed by atoms with Crippen LogP contribution in [0.25, 0.3) is 5.57 Å². The highest BCUT2D eigenvalue weighted by molar-refractivity contribution is 5.78. The normalized spacial score (nSPS) is 30.9. The molecule has 210 valence electrons. The number of hydrogen-bond donors (Lipinski definition) is 0. The van der Waals surface area contributed by atoms with Gasteiger partial charge in [0.05, 0.1) is 6.61 Å². The van der Waals surface area contributed by atoms with Crippen LogP contribution in [0.2, 0.25) is 0 Å². The lowest BCUT2D eigenvalue weighted by atomic mass is 9.63. The second-order valence-electron chi connectivity index (χ2n) is 12.2. The molecule has 0 amide bonds. The summed E-state index contributed by atoms with van der Waals surface area (Å²) in [5.41, 5.74) is 0.200. The lowest BCUT2D eigenvalue weighted by Gasteiger charge is -2.42. The molecule has 0 heterocycles. The van der Waals surface area contributed by atoms with Crippen LogP contribution in [-0.2, 0) is 11.3 Å². The number of rotatable bonds is 7. The number of hydrogen-bond acceptors (Lipinski definition) is 1. The van der Waals surface area contributed by atoms with Gasteiger partial charge in [-0.25, -0.2) is 17.6 Å². The Hall–Kier alpha value is -2.40. The molecule has 2 fully saturated rings. The van der Waals surface area contributed by atoms with Gasteiger partial charge in [0.25, 0.3) is 0 Å². The number of allylic oxidation sites excluding steroid dienone is 2. The summed E-state index contributed by atoms with van der Waals surface area (Å²) in [5, 5.41) is 0. The van der Waals surface area contributed by atoms with Crippen molar-refractivity contribution in [2.75, 3.05) is 0 Å². The van der Waals surface area contributed by atoms with Crippen molar-refractivity contribution in [2.45, 2.75) is 96.4 Å². The molecule has 0 N–H and O–H groups in total. The number of fused-ring (bicyclic) bond motifs is 1. The molecule has 0 saturated heterocycles. The largest absolute Gasteiger partial charge is 0.363 e. The van der Waals surface area contributed by atoms with E-state index in [4.69, 9.17) is 4.74 Å². The first-order valence-corrected chi connectivity index (χ1v) is 14.6. The SMILES string of the molecule is CCCC1CCC2CC(c3ccc(COC4(C)C=CC(c5ccc(C)c(F)c5F)=C(F)C4F)cc3)CCC2C1. The van der Waals surface area contributed by atoms with E-state index < -0.39 is 29.2 Å². The Morgan fingerprint density at radius 2 is 1.62 bits per heavy atom. The zero-order chi connectivity index (χ0) is 27.7. The average Bonchev–Trinajstić information content (AvgIpc) is 2.95. The molecule has 2 aromatic carbocycles. The van der Waals surface area contributed by atoms with E-state index in [0.29, 0.717) is 5.92 Å². The van der Waals surface area contributed by atoms with E-state index in [1.165, 1.54) is 95.1 Å². The fraction of sp³-hybridized carbons (Fsp3) is 0.529. The fourth-order valence-electron chi connectivity index (χ4n) is 7.08. The van der Waals surface area contributed by atoms with Gasteiger partial charge in [-0.05, 0) is 92.4 Å². The van der Waals surface area contributed by atoms with Gasteiger partial charge in [0.15, 0.2) is 17.8 Å². The molecule has 2 saturated carbocycles. The standard InChI is InChI=1S/C34H40F4O/c1-4-5-22-7-12-27-19-26(14-13-25(27)18-22)24-10-8-23(9-11-24)20-39-34(3)17-16-29(32(37)33(34)38)28-15-6-21(2)30(35)31(28)36/h6,8-11,15-17,22,25-27,33H,4-5,7,12-14,18-20H2,1-3H3. The topological polar surface area (TPSA) is 9.23 Å². The van der Waals surface area contributed by atoms with Crippen LogP contribution < -0.4 is 0 Å². The third-order valence-corrected chi connectivity index (χ3v) is 9.55. The van der Waals surface area contributed by atoms with Crippen LogP contribution in [0.4, 0.5) is 17.6 Å². The quantitative estimate of drug-likeness (QED) is 0.318. The molecule has 6 unspecified atom stereocenters. The van der Waals surface area contributed by atoms with Crippen molar-refractivity contribution in [1.82, 2.24) is 0 Å². The monoisotopic (exact) mass is 540 g/mol. The predicted molar refractivity (Wildman–Crippen MR) is 149 cm³/mol. The number of halogens is 4. The molecule has 6 atom stereocenters. The Balaban J connectivity index is 1.20. The minimum Gasteiger partial charge on any atom is -0.363 e. The van der Waals surface area contributed by atoms with E-state index in [1.807, 2.05) is 12.1 Å². The van der Waals surface area contributed by atoms with Crippen molar-refractivity contribution < 1.29 is 22.3 Å². The van der Waals surface area contributed by atoms with Crippen LogP contribution in [0, 0.1) is 36.3 Å². The van der Waals surface area contributed by atoms with Crippen LogP contribution in [0.15, 0.2) is 54.4 Å². The van der Waals surface area contributed by atoms with Crippen LogP contribution in [0.3, 0.4) is 0 Å². The summed E-state index contributed by atoms with van der Waals surface area (Å²) in [7, 11) is 0. The summed E-state index contributed by atoms with van der Waals surface area (Å²) in [6, 6.07) is 11.0. The minimum absolute atomic E-state index is 0.107. The molecule has 5 rings (SSSR count). The van der Waals surface area contributed by atoms with Crippen molar-refractivity contribution in [3.8, 4) is 0 Å². The zero-order valence-electron chi connectivity index (χ0n) is 23.3. The van der Waals surface area contributed by atoms with E-state index in [-0.39, 0.29) is 23.3 Å². The molecule has 0 radical (unpaired) electrons. The molecule has 0 aromatic heterocycles. The molecule has 39 heavy (non-hydrogen) atoms. The Morgan fingerprint density at radius 3 is 2.36 bits per heavy atom. The van der Waals surface area contributed by atoms with Crippen LogP contribution >= 0.6 is 0 Å². The van der Waals surface area contributed by atoms with Gasteiger partial charge in [-0.1, -0.05) is 68.7 Å². The van der Waals surface area contributed by atoms with Gasteiger partial charge >= 0.3 is 0 Å². The van der Waals surface area contributed by atoms with Crippen molar-refractivity contribution in [2.24, 2.45) is 17.8 Å². The first-order chi connectivity index (χ1) is 18.7. The lowest BCUT2D eigenvalue weighted by Crippen LogP contribution is -2.40. The second kappa shape index (κ2) is 11.6. The Morgan fingerprint density at radius 1 is 0.897 bits per heavy atom. The van der Waals surface area contributed by atoms with Gasteiger partial charge in [0.2, 0.25) is 0 Å². The lowest BCUT2D eigenvalue weighted by molar-refractivity contribution is -0.0543. The third kappa shape index (κ3) is 5.75. The van der Waals surface area contributed by atoms with E-state index >= 15 is 8.78 Å². The van der Waals surface area contributed by atoms with Crippen LogP contribution in [-0.4, -0.2) is 11.8 Å². The maximum Gasteiger partial charge on any atom is 0.184 e. The van der Waals surface area contributed by atoms with Gasteiger partial charge in [-0.2, -0.15) is 0 Å². The summed E-state index contributed by atoms with van der Waals surface area (Å²) in [5.74, 6) is -0.138. The van der Waals surface area contributed by atoms with Gasteiger partial charge < -0.3 is 4.74 Å². The van der Waals surface area contributed by atoms with Gasteiger partial charge in [-0.3, -0.25) is 0 Å². The van der Waals surface area contributed by atoms with Crippen molar-refractivity contribution in [1.29, 1.82) is 0 Å². The number of ether oxygens (including phenoxy) is 1. The maximum absolute atomic E-state index is 15.3. The summed E-state index contributed by atoms with van der Waals surface area (Å²) in [6.07, 6.45) is 11.2.